The Hall–Kier alpha value is -0.220. The molecule has 0 saturated carbocycles. The molecule has 4 heteroatoms. The molecule has 0 amide bonds. The summed E-state index contributed by atoms with van der Waals surface area (Å²) in [7, 11) is 0. The monoisotopic (exact) mass is 247 g/mol. The van der Waals surface area contributed by atoms with Gasteiger partial charge >= 0.3 is 5.97 Å². The van der Waals surface area contributed by atoms with Crippen molar-refractivity contribution in [3.63, 3.8) is 0 Å². The SMILES string of the molecule is CCCCCCC(C)OC(=O)C(N)CCS. The summed E-state index contributed by atoms with van der Waals surface area (Å²) in [6.07, 6.45) is 6.28. The van der Waals surface area contributed by atoms with Gasteiger partial charge in [0.2, 0.25) is 0 Å². The van der Waals surface area contributed by atoms with Crippen molar-refractivity contribution in [1.29, 1.82) is 0 Å². The van der Waals surface area contributed by atoms with E-state index >= 15 is 0 Å². The van der Waals surface area contributed by atoms with Gasteiger partial charge in [-0.05, 0) is 31.9 Å². The van der Waals surface area contributed by atoms with Crippen LogP contribution in [0.5, 0.6) is 0 Å². The van der Waals surface area contributed by atoms with E-state index < -0.39 is 6.04 Å². The number of hydrogen-bond acceptors (Lipinski definition) is 4. The third-order valence-corrected chi connectivity index (χ3v) is 2.78. The van der Waals surface area contributed by atoms with Crippen LogP contribution in [0.2, 0.25) is 0 Å². The predicted octanol–water partition coefficient (Wildman–Crippen LogP) is 2.54. The normalized spacial score (nSPS) is 14.5. The molecule has 2 N–H and O–H groups in total. The van der Waals surface area contributed by atoms with Gasteiger partial charge in [-0.3, -0.25) is 4.79 Å². The Morgan fingerprint density at radius 3 is 2.56 bits per heavy atom. The van der Waals surface area contributed by atoms with E-state index in [-0.39, 0.29) is 12.1 Å². The second-order valence-electron chi connectivity index (χ2n) is 4.22. The van der Waals surface area contributed by atoms with Crippen molar-refractivity contribution in [3.8, 4) is 0 Å². The first-order valence-corrected chi connectivity index (χ1v) is 6.82. The molecule has 0 aromatic heterocycles. The first-order valence-electron chi connectivity index (χ1n) is 6.18. The molecule has 0 spiro atoms. The number of carbonyl (C=O) groups excluding carboxylic acids is 1. The summed E-state index contributed by atoms with van der Waals surface area (Å²) in [5, 5.41) is 0. The molecule has 0 saturated heterocycles. The van der Waals surface area contributed by atoms with E-state index in [1.807, 2.05) is 6.92 Å². The van der Waals surface area contributed by atoms with Crippen LogP contribution < -0.4 is 5.73 Å². The maximum Gasteiger partial charge on any atom is 0.323 e. The summed E-state index contributed by atoms with van der Waals surface area (Å²) in [4.78, 5) is 11.5. The second-order valence-corrected chi connectivity index (χ2v) is 4.66. The number of thiol groups is 1. The molecule has 2 atom stereocenters. The summed E-state index contributed by atoms with van der Waals surface area (Å²) in [5.41, 5.74) is 5.63. The van der Waals surface area contributed by atoms with Crippen LogP contribution in [0.15, 0.2) is 0 Å². The summed E-state index contributed by atoms with van der Waals surface area (Å²) >= 11 is 4.04. The minimum absolute atomic E-state index is 0.0182. The first kappa shape index (κ1) is 15.8. The molecule has 2 unspecified atom stereocenters. The van der Waals surface area contributed by atoms with Crippen LogP contribution in [0, 0.1) is 0 Å². The van der Waals surface area contributed by atoms with Crippen molar-refractivity contribution >= 4 is 18.6 Å². The Morgan fingerprint density at radius 2 is 2.00 bits per heavy atom. The molecule has 0 heterocycles. The van der Waals surface area contributed by atoms with Crippen LogP contribution in [0.3, 0.4) is 0 Å². The third kappa shape index (κ3) is 7.99. The highest BCUT2D eigenvalue weighted by Crippen LogP contribution is 2.09. The molecule has 0 aromatic rings. The van der Waals surface area contributed by atoms with Gasteiger partial charge in [-0.2, -0.15) is 12.6 Å². The average Bonchev–Trinajstić information content (AvgIpc) is 2.24. The quantitative estimate of drug-likeness (QED) is 0.374. The Balaban J connectivity index is 3.61. The van der Waals surface area contributed by atoms with Gasteiger partial charge in [-0.15, -0.1) is 0 Å². The first-order chi connectivity index (χ1) is 7.61. The minimum atomic E-state index is -0.518. The number of esters is 1. The van der Waals surface area contributed by atoms with Crippen LogP contribution in [-0.2, 0) is 9.53 Å². The van der Waals surface area contributed by atoms with Gasteiger partial charge in [0.25, 0.3) is 0 Å². The number of carbonyl (C=O) groups is 1. The summed E-state index contributed by atoms with van der Waals surface area (Å²) in [6, 6.07) is -0.518. The highest BCUT2D eigenvalue weighted by Gasteiger charge is 2.16. The summed E-state index contributed by atoms with van der Waals surface area (Å²) in [5.74, 6) is 0.318. The molecule has 3 nitrogen and oxygen atoms in total. The second kappa shape index (κ2) is 9.97. The van der Waals surface area contributed by atoms with E-state index in [1.165, 1.54) is 19.3 Å². The largest absolute Gasteiger partial charge is 0.462 e. The molecule has 0 aromatic carbocycles. The lowest BCUT2D eigenvalue weighted by Gasteiger charge is -2.16. The molecule has 16 heavy (non-hydrogen) atoms. The maximum atomic E-state index is 11.5. The van der Waals surface area contributed by atoms with Crippen LogP contribution in [-0.4, -0.2) is 23.9 Å². The van der Waals surface area contributed by atoms with Gasteiger partial charge in [-0.1, -0.05) is 26.2 Å². The lowest BCUT2D eigenvalue weighted by Crippen LogP contribution is -2.34. The molecule has 0 rings (SSSR count). The van der Waals surface area contributed by atoms with Gasteiger partial charge in [-0.25, -0.2) is 0 Å². The fourth-order valence-corrected chi connectivity index (χ4v) is 1.74. The van der Waals surface area contributed by atoms with E-state index in [9.17, 15) is 4.79 Å². The van der Waals surface area contributed by atoms with Gasteiger partial charge in [0, 0.05) is 0 Å². The third-order valence-electron chi connectivity index (χ3n) is 2.52. The zero-order chi connectivity index (χ0) is 12.4. The van der Waals surface area contributed by atoms with Crippen LogP contribution >= 0.6 is 12.6 Å². The fraction of sp³-hybridized carbons (Fsp3) is 0.917. The minimum Gasteiger partial charge on any atom is -0.462 e. The number of unbranched alkanes of at least 4 members (excludes halogenated alkanes) is 3. The molecule has 0 fully saturated rings. The number of hydrogen-bond donors (Lipinski definition) is 2. The van der Waals surface area contributed by atoms with Crippen molar-refractivity contribution in [1.82, 2.24) is 0 Å². The van der Waals surface area contributed by atoms with Gasteiger partial charge in [0.05, 0.1) is 6.10 Å². The smallest absolute Gasteiger partial charge is 0.323 e. The predicted molar refractivity (Wildman–Crippen MR) is 70.8 cm³/mol. The van der Waals surface area contributed by atoms with E-state index in [2.05, 4.69) is 19.6 Å². The molecule has 0 aliphatic carbocycles. The van der Waals surface area contributed by atoms with Crippen molar-refractivity contribution < 1.29 is 9.53 Å². The molecule has 0 radical (unpaired) electrons. The lowest BCUT2D eigenvalue weighted by atomic mass is 10.1. The van der Waals surface area contributed by atoms with Crippen molar-refractivity contribution in [2.45, 2.75) is 64.5 Å². The van der Waals surface area contributed by atoms with E-state index in [0.29, 0.717) is 12.2 Å². The maximum absolute atomic E-state index is 11.5. The fourth-order valence-electron chi connectivity index (χ4n) is 1.46. The van der Waals surface area contributed by atoms with E-state index in [0.717, 1.165) is 12.8 Å². The lowest BCUT2D eigenvalue weighted by molar-refractivity contribution is -0.150. The number of nitrogens with two attached hydrogens (primary N) is 1. The Kier molecular flexibility index (Phi) is 9.83. The van der Waals surface area contributed by atoms with E-state index in [4.69, 9.17) is 10.5 Å². The van der Waals surface area contributed by atoms with Crippen molar-refractivity contribution in [2.24, 2.45) is 5.73 Å². The molecule has 0 aliphatic rings. The molecular weight excluding hydrogens is 222 g/mol. The van der Waals surface area contributed by atoms with Gasteiger partial charge in [0.15, 0.2) is 0 Å². The highest BCUT2D eigenvalue weighted by atomic mass is 32.1. The van der Waals surface area contributed by atoms with Gasteiger partial charge in [0.1, 0.15) is 6.04 Å². The Morgan fingerprint density at radius 1 is 1.31 bits per heavy atom. The molecule has 0 aliphatic heterocycles. The topological polar surface area (TPSA) is 52.3 Å². The molecule has 0 bridgehead atoms. The number of ether oxygens (including phenoxy) is 1. The number of rotatable bonds is 9. The van der Waals surface area contributed by atoms with Gasteiger partial charge < -0.3 is 10.5 Å². The average molecular weight is 247 g/mol. The zero-order valence-corrected chi connectivity index (χ0v) is 11.3. The Labute approximate surface area is 105 Å². The zero-order valence-electron chi connectivity index (χ0n) is 10.4. The standard InChI is InChI=1S/C12H25NO2S/c1-3-4-5-6-7-10(2)15-12(14)11(13)8-9-16/h10-11,16H,3-9,13H2,1-2H3. The van der Waals surface area contributed by atoms with Crippen LogP contribution in [0.4, 0.5) is 0 Å². The molecular formula is C12H25NO2S. The Bertz CT molecular complexity index is 188. The van der Waals surface area contributed by atoms with E-state index in [1.54, 1.807) is 0 Å². The summed E-state index contributed by atoms with van der Waals surface area (Å²) < 4.78 is 5.25. The molecule has 96 valence electrons. The summed E-state index contributed by atoms with van der Waals surface area (Å²) in [6.45, 7) is 4.11. The highest BCUT2D eigenvalue weighted by molar-refractivity contribution is 7.80. The van der Waals surface area contributed by atoms with Crippen LogP contribution in [0.25, 0.3) is 0 Å². The van der Waals surface area contributed by atoms with Crippen LogP contribution in [0.1, 0.15) is 52.4 Å². The van der Waals surface area contributed by atoms with Crippen molar-refractivity contribution in [2.75, 3.05) is 5.75 Å². The van der Waals surface area contributed by atoms with Crippen molar-refractivity contribution in [3.05, 3.63) is 0 Å².